The number of carboxylic acids is 1. The molecule has 0 saturated heterocycles. The molecule has 0 aliphatic rings. The Morgan fingerprint density at radius 2 is 1.81 bits per heavy atom. The van der Waals surface area contributed by atoms with Crippen LogP contribution in [0.5, 0.6) is 0 Å². The summed E-state index contributed by atoms with van der Waals surface area (Å²) in [5.41, 5.74) is 1.78. The lowest BCUT2D eigenvalue weighted by atomic mass is 10.0. The Morgan fingerprint density at radius 1 is 1.06 bits per heavy atom. The van der Waals surface area contributed by atoms with E-state index >= 15 is 0 Å². The van der Waals surface area contributed by atoms with E-state index in [1.165, 1.54) is 11.0 Å². The predicted octanol–water partition coefficient (Wildman–Crippen LogP) is 4.33. The average molecular weight is 443 g/mol. The second-order valence-electron chi connectivity index (χ2n) is 7.55. The van der Waals surface area contributed by atoms with E-state index in [0.29, 0.717) is 12.1 Å². The van der Waals surface area contributed by atoms with Crippen molar-refractivity contribution in [1.82, 2.24) is 0 Å². The maximum Gasteiger partial charge on any atom is 0.337 e. The Kier molecular flexibility index (Phi) is 10.3. The molecular weight excluding hydrogens is 412 g/mol. The van der Waals surface area contributed by atoms with E-state index in [-0.39, 0.29) is 43.3 Å². The molecule has 0 aliphatic heterocycles. The molecule has 0 aromatic heterocycles. The molecule has 0 radical (unpaired) electrons. The number of nitro groups is 1. The number of hydrogen-bond acceptors (Lipinski definition) is 5. The van der Waals surface area contributed by atoms with E-state index in [0.717, 1.165) is 31.2 Å². The smallest absolute Gasteiger partial charge is 0.337 e. The molecule has 0 bridgehead atoms. The standard InChI is InChI=1S/C24H30N2O6/c1-2-3-4-8-14-25(23(27)18-32-17-20-9-6-5-7-10-20)22-16-19(13-15-26(30)31)11-12-21(22)24(28)29/h5-7,9-12,16H,2-4,8,13-15,17-18H2,1H3,(H,28,29). The lowest BCUT2D eigenvalue weighted by Gasteiger charge is -2.25. The Balaban J connectivity index is 2.22. The van der Waals surface area contributed by atoms with Crippen molar-refractivity contribution in [2.24, 2.45) is 0 Å². The highest BCUT2D eigenvalue weighted by Crippen LogP contribution is 2.24. The summed E-state index contributed by atoms with van der Waals surface area (Å²) < 4.78 is 5.59. The van der Waals surface area contributed by atoms with E-state index in [1.807, 2.05) is 30.3 Å². The molecule has 8 nitrogen and oxygen atoms in total. The van der Waals surface area contributed by atoms with Crippen LogP contribution < -0.4 is 4.90 Å². The summed E-state index contributed by atoms with van der Waals surface area (Å²) in [5.74, 6) is -1.50. The molecule has 0 fully saturated rings. The van der Waals surface area contributed by atoms with Crippen LogP contribution in [0, 0.1) is 10.1 Å². The molecule has 0 aliphatic carbocycles. The first-order valence-electron chi connectivity index (χ1n) is 10.8. The summed E-state index contributed by atoms with van der Waals surface area (Å²) in [6, 6.07) is 14.0. The summed E-state index contributed by atoms with van der Waals surface area (Å²) in [7, 11) is 0. The van der Waals surface area contributed by atoms with E-state index in [2.05, 4.69) is 6.92 Å². The lowest BCUT2D eigenvalue weighted by Crippen LogP contribution is -2.36. The first-order chi connectivity index (χ1) is 15.4. The van der Waals surface area contributed by atoms with Gasteiger partial charge in [0.15, 0.2) is 0 Å². The van der Waals surface area contributed by atoms with Crippen LogP contribution in [0.4, 0.5) is 5.69 Å². The van der Waals surface area contributed by atoms with Crippen molar-refractivity contribution >= 4 is 17.6 Å². The topological polar surface area (TPSA) is 110 Å². The summed E-state index contributed by atoms with van der Waals surface area (Å²) in [4.78, 5) is 36.6. The first kappa shape index (κ1) is 25.0. The van der Waals surface area contributed by atoms with Gasteiger partial charge >= 0.3 is 5.97 Å². The minimum atomic E-state index is -1.16. The second-order valence-corrected chi connectivity index (χ2v) is 7.55. The van der Waals surface area contributed by atoms with Gasteiger partial charge in [0.2, 0.25) is 6.54 Å². The molecular formula is C24H30N2O6. The molecule has 0 atom stereocenters. The van der Waals surface area contributed by atoms with Crippen molar-refractivity contribution in [3.63, 3.8) is 0 Å². The molecule has 172 valence electrons. The number of ether oxygens (including phenoxy) is 1. The zero-order valence-corrected chi connectivity index (χ0v) is 18.4. The van der Waals surface area contributed by atoms with Gasteiger partial charge in [0.1, 0.15) is 6.61 Å². The third-order valence-corrected chi connectivity index (χ3v) is 5.04. The fraction of sp³-hybridized carbons (Fsp3) is 0.417. The van der Waals surface area contributed by atoms with Crippen LogP contribution in [0.15, 0.2) is 48.5 Å². The van der Waals surface area contributed by atoms with Gasteiger partial charge < -0.3 is 14.7 Å². The van der Waals surface area contributed by atoms with Crippen LogP contribution in [-0.4, -0.2) is 41.6 Å². The van der Waals surface area contributed by atoms with Gasteiger partial charge in [0.25, 0.3) is 5.91 Å². The Hall–Kier alpha value is -3.26. The van der Waals surface area contributed by atoms with E-state index in [4.69, 9.17) is 4.74 Å². The molecule has 0 saturated carbocycles. The zero-order valence-electron chi connectivity index (χ0n) is 18.4. The van der Waals surface area contributed by atoms with Crippen LogP contribution in [0.3, 0.4) is 0 Å². The predicted molar refractivity (Wildman–Crippen MR) is 122 cm³/mol. The molecule has 1 amide bonds. The largest absolute Gasteiger partial charge is 0.478 e. The molecule has 0 spiro atoms. The maximum absolute atomic E-state index is 13.0. The van der Waals surface area contributed by atoms with Gasteiger partial charge in [-0.05, 0) is 29.7 Å². The van der Waals surface area contributed by atoms with E-state index < -0.39 is 10.9 Å². The van der Waals surface area contributed by atoms with Crippen molar-refractivity contribution < 1.29 is 24.4 Å². The molecule has 2 rings (SSSR count). The van der Waals surface area contributed by atoms with Gasteiger partial charge in [-0.15, -0.1) is 0 Å². The summed E-state index contributed by atoms with van der Waals surface area (Å²) >= 11 is 0. The number of unbranched alkanes of at least 4 members (excludes halogenated alkanes) is 3. The fourth-order valence-electron chi connectivity index (χ4n) is 3.34. The highest BCUT2D eigenvalue weighted by Gasteiger charge is 2.22. The molecule has 8 heteroatoms. The van der Waals surface area contributed by atoms with Crippen LogP contribution in [-0.2, 0) is 22.6 Å². The average Bonchev–Trinajstić information content (AvgIpc) is 2.78. The van der Waals surface area contributed by atoms with Crippen LogP contribution >= 0.6 is 0 Å². The van der Waals surface area contributed by atoms with Crippen molar-refractivity contribution in [1.29, 1.82) is 0 Å². The van der Waals surface area contributed by atoms with Gasteiger partial charge in [-0.1, -0.05) is 62.6 Å². The fourth-order valence-corrected chi connectivity index (χ4v) is 3.34. The van der Waals surface area contributed by atoms with Gasteiger partial charge in [0, 0.05) is 17.9 Å². The van der Waals surface area contributed by atoms with Crippen LogP contribution in [0.2, 0.25) is 0 Å². The van der Waals surface area contributed by atoms with E-state index in [1.54, 1.807) is 12.1 Å². The summed E-state index contributed by atoms with van der Waals surface area (Å²) in [6.07, 6.45) is 3.83. The minimum Gasteiger partial charge on any atom is -0.478 e. The van der Waals surface area contributed by atoms with E-state index in [9.17, 15) is 24.8 Å². The highest BCUT2D eigenvalue weighted by atomic mass is 16.6. The highest BCUT2D eigenvalue weighted by molar-refractivity contribution is 6.02. The van der Waals surface area contributed by atoms with Gasteiger partial charge in [-0.25, -0.2) is 4.79 Å². The number of nitrogens with zero attached hydrogens (tertiary/aromatic N) is 2. The normalized spacial score (nSPS) is 10.7. The number of benzene rings is 2. The number of carbonyl (C=O) groups excluding carboxylic acids is 1. The number of carboxylic acid groups (broad SMARTS) is 1. The minimum absolute atomic E-state index is 0.0123. The van der Waals surface area contributed by atoms with Crippen molar-refractivity contribution in [3.8, 4) is 0 Å². The second kappa shape index (κ2) is 13.2. The number of hydrogen-bond donors (Lipinski definition) is 1. The Labute approximate surface area is 188 Å². The molecule has 32 heavy (non-hydrogen) atoms. The van der Waals surface area contributed by atoms with Crippen LogP contribution in [0.1, 0.15) is 54.1 Å². The quantitative estimate of drug-likeness (QED) is 0.265. The maximum atomic E-state index is 13.0. The number of anilines is 1. The summed E-state index contributed by atoms with van der Waals surface area (Å²) in [5, 5.41) is 20.4. The van der Waals surface area contributed by atoms with Gasteiger partial charge in [0.05, 0.1) is 17.9 Å². The number of rotatable bonds is 14. The summed E-state index contributed by atoms with van der Waals surface area (Å²) in [6.45, 7) is 2.25. The van der Waals surface area contributed by atoms with Gasteiger partial charge in [-0.3, -0.25) is 14.9 Å². The number of amides is 1. The van der Waals surface area contributed by atoms with Crippen molar-refractivity contribution in [3.05, 3.63) is 75.3 Å². The molecule has 2 aromatic rings. The molecule has 1 N–H and O–H groups in total. The monoisotopic (exact) mass is 442 g/mol. The number of carbonyl (C=O) groups is 2. The molecule has 0 unspecified atom stereocenters. The van der Waals surface area contributed by atoms with Crippen molar-refractivity contribution in [2.45, 2.75) is 45.6 Å². The Bertz CT molecular complexity index is 901. The third kappa shape index (κ3) is 8.11. The van der Waals surface area contributed by atoms with Crippen molar-refractivity contribution in [2.75, 3.05) is 24.6 Å². The molecule has 2 aromatic carbocycles. The van der Waals surface area contributed by atoms with Gasteiger partial charge in [-0.2, -0.15) is 0 Å². The Morgan fingerprint density at radius 3 is 2.47 bits per heavy atom. The SMILES string of the molecule is CCCCCCN(C(=O)COCc1ccccc1)c1cc(CC[N+](=O)[O-])ccc1C(=O)O. The number of aromatic carboxylic acids is 1. The van der Waals surface area contributed by atoms with Crippen LogP contribution in [0.25, 0.3) is 0 Å². The zero-order chi connectivity index (χ0) is 23.3. The lowest BCUT2D eigenvalue weighted by molar-refractivity contribution is -0.479. The molecule has 0 heterocycles. The third-order valence-electron chi connectivity index (χ3n) is 5.04. The first-order valence-corrected chi connectivity index (χ1v) is 10.8.